The van der Waals surface area contributed by atoms with Gasteiger partial charge in [0, 0.05) is 102 Å². The van der Waals surface area contributed by atoms with E-state index in [0.29, 0.717) is 60.1 Å². The number of ether oxygens (including phenoxy) is 1. The first kappa shape index (κ1) is 51.9. The van der Waals surface area contributed by atoms with Crippen LogP contribution >= 0.6 is 0 Å². The van der Waals surface area contributed by atoms with E-state index in [-0.39, 0.29) is 42.1 Å². The number of amides is 3. The van der Waals surface area contributed by atoms with Gasteiger partial charge in [0.15, 0.2) is 23.3 Å². The first-order valence-electron chi connectivity index (χ1n) is 27.8. The molecule has 3 N–H and O–H groups in total. The van der Waals surface area contributed by atoms with Crippen molar-refractivity contribution in [3.8, 4) is 0 Å². The van der Waals surface area contributed by atoms with E-state index in [9.17, 15) is 14.4 Å². The van der Waals surface area contributed by atoms with E-state index in [4.69, 9.17) is 14.7 Å². The molecule has 22 heteroatoms. The Labute approximate surface area is 449 Å². The number of rotatable bonds is 10. The molecule has 0 aromatic carbocycles. The number of fused-ring (bicyclic) bond motifs is 6. The van der Waals surface area contributed by atoms with E-state index in [0.717, 1.165) is 98.2 Å². The molecule has 4 unspecified atom stereocenters. The van der Waals surface area contributed by atoms with Crippen LogP contribution in [0.4, 0.5) is 40.0 Å². The maximum absolute atomic E-state index is 13.1. The summed E-state index contributed by atoms with van der Waals surface area (Å²) in [6, 6.07) is 13.4. The Hall–Kier alpha value is -7.23. The van der Waals surface area contributed by atoms with Crippen LogP contribution in [-0.2, 0) is 4.74 Å². The average molecular weight is 1050 g/mol. The molecule has 6 aromatic heterocycles. The molecule has 12 rings (SSSR count). The van der Waals surface area contributed by atoms with E-state index >= 15 is 0 Å². The predicted molar refractivity (Wildman–Crippen MR) is 295 cm³/mol. The highest BCUT2D eigenvalue weighted by Gasteiger charge is 2.45. The molecule has 4 bridgehead atoms. The average Bonchev–Trinajstić information content (AvgIpc) is 4.23. The zero-order valence-electron chi connectivity index (χ0n) is 45.7. The number of anilines is 6. The van der Waals surface area contributed by atoms with Crippen molar-refractivity contribution in [1.82, 2.24) is 69.5 Å². The molecule has 2 saturated carbocycles. The molecular weight excluding hydrogens is 977 g/mol. The lowest BCUT2D eigenvalue weighted by Gasteiger charge is -2.41. The topological polar surface area (TPSA) is 226 Å². The molecule has 77 heavy (non-hydrogen) atoms. The Morgan fingerprint density at radius 2 is 1.01 bits per heavy atom. The van der Waals surface area contributed by atoms with Crippen LogP contribution in [0.1, 0.15) is 144 Å². The third kappa shape index (κ3) is 11.2. The van der Waals surface area contributed by atoms with Crippen LogP contribution in [-0.4, -0.2) is 166 Å². The van der Waals surface area contributed by atoms with Gasteiger partial charge in [-0.3, -0.25) is 14.5 Å². The summed E-state index contributed by atoms with van der Waals surface area (Å²) in [6.45, 7) is 9.04. The van der Waals surface area contributed by atoms with Crippen LogP contribution < -0.4 is 25.8 Å². The third-order valence-electron chi connectivity index (χ3n) is 16.0. The van der Waals surface area contributed by atoms with Crippen molar-refractivity contribution in [2.75, 3.05) is 74.8 Å². The Balaban J connectivity index is 0.000000166. The van der Waals surface area contributed by atoms with Crippen molar-refractivity contribution in [3.05, 3.63) is 60.2 Å². The Bertz CT molecular complexity index is 3060. The molecule has 2 aliphatic carbocycles. The van der Waals surface area contributed by atoms with Crippen LogP contribution in [0.15, 0.2) is 48.8 Å². The molecule has 4 aliphatic heterocycles. The minimum Gasteiger partial charge on any atom is -0.444 e. The summed E-state index contributed by atoms with van der Waals surface area (Å²) in [5, 5.41) is 29.6. The third-order valence-corrected chi connectivity index (χ3v) is 16.0. The molecule has 4 atom stereocenters. The number of piperazine rings is 2. The molecule has 22 nitrogen and oxygen atoms in total. The highest BCUT2D eigenvalue weighted by molar-refractivity contribution is 5.98. The molecular formula is C55H74N18O4. The van der Waals surface area contributed by atoms with Crippen molar-refractivity contribution >= 4 is 75.1 Å². The minimum atomic E-state index is -0.513. The standard InChI is InChI=1S/C30H41N9O3.C25H33N9O/c1-30(2,3)42-29(41)38-21-11-12-22(38)18-37(17-21)25-14-13-24(34-35-25)32-28-31-16-19-15-23(27(40)36(4)5)39(26(19)33-28)20-9-7-6-8-10-20;1-32(2)24(35)20-12-16-13-26-25(29-23(16)34(20)19-6-4-3-5-7-19)28-21-10-11-22(31-30-21)33-14-17-8-9-18(15-33)27-17/h13-16,20-22H,6-12,17-18H2,1-5H3,(H,31,32,33,34);10-13,17-19,27H,3-9,14-15H2,1-2H3,(H,26,28,29,30). The summed E-state index contributed by atoms with van der Waals surface area (Å²) in [6.07, 6.45) is 19.0. The fraction of sp³-hybridized carbons (Fsp3) is 0.582. The lowest BCUT2D eigenvalue weighted by molar-refractivity contribution is 0.0122. The lowest BCUT2D eigenvalue weighted by atomic mass is 9.95. The van der Waals surface area contributed by atoms with Crippen LogP contribution in [0.2, 0.25) is 0 Å². The highest BCUT2D eigenvalue weighted by atomic mass is 16.6. The van der Waals surface area contributed by atoms with Gasteiger partial charge in [0.25, 0.3) is 11.8 Å². The second-order valence-corrected chi connectivity index (χ2v) is 23.3. The summed E-state index contributed by atoms with van der Waals surface area (Å²) in [5.74, 6) is 3.64. The van der Waals surface area contributed by atoms with Crippen LogP contribution in [0.5, 0.6) is 0 Å². The van der Waals surface area contributed by atoms with Crippen LogP contribution in [0.25, 0.3) is 22.1 Å². The fourth-order valence-corrected chi connectivity index (χ4v) is 12.4. The summed E-state index contributed by atoms with van der Waals surface area (Å²) < 4.78 is 9.91. The maximum atomic E-state index is 13.1. The normalized spacial score (nSPS) is 21.7. The largest absolute Gasteiger partial charge is 0.444 e. The molecule has 0 radical (unpaired) electrons. The van der Waals surface area contributed by atoms with Crippen LogP contribution in [0, 0.1) is 0 Å². The zero-order chi connectivity index (χ0) is 53.5. The van der Waals surface area contributed by atoms with Crippen molar-refractivity contribution in [1.29, 1.82) is 0 Å². The molecule has 10 heterocycles. The van der Waals surface area contributed by atoms with E-state index in [2.05, 4.69) is 65.2 Å². The monoisotopic (exact) mass is 1050 g/mol. The molecule has 3 amide bonds. The number of hydrogen-bond acceptors (Lipinski definition) is 17. The number of aromatic nitrogens is 10. The summed E-state index contributed by atoms with van der Waals surface area (Å²) >= 11 is 0. The minimum absolute atomic E-state index is 0.00844. The van der Waals surface area contributed by atoms with Crippen LogP contribution in [0.3, 0.4) is 0 Å². The van der Waals surface area contributed by atoms with Crippen molar-refractivity contribution in [3.63, 3.8) is 0 Å². The summed E-state index contributed by atoms with van der Waals surface area (Å²) in [4.78, 5) is 67.2. The molecule has 6 aromatic rings. The van der Waals surface area contributed by atoms with E-state index in [1.54, 1.807) is 50.4 Å². The molecule has 6 aliphatic rings. The van der Waals surface area contributed by atoms with Crippen molar-refractivity contribution < 1.29 is 19.1 Å². The Kier molecular flexibility index (Phi) is 14.6. The lowest BCUT2D eigenvalue weighted by Crippen LogP contribution is -2.57. The molecule has 4 saturated heterocycles. The highest BCUT2D eigenvalue weighted by Crippen LogP contribution is 2.37. The fourth-order valence-electron chi connectivity index (χ4n) is 12.4. The van der Waals surface area contributed by atoms with Gasteiger partial charge in [-0.25, -0.2) is 14.8 Å². The second-order valence-electron chi connectivity index (χ2n) is 23.3. The van der Waals surface area contributed by atoms with Crippen molar-refractivity contribution in [2.24, 2.45) is 0 Å². The molecule has 0 spiro atoms. The van der Waals surface area contributed by atoms with Gasteiger partial charge in [-0.15, -0.1) is 20.4 Å². The van der Waals surface area contributed by atoms with Crippen molar-refractivity contribution in [2.45, 2.75) is 153 Å². The van der Waals surface area contributed by atoms with Gasteiger partial charge in [0.1, 0.15) is 28.3 Å². The first-order valence-corrected chi connectivity index (χ1v) is 27.8. The van der Waals surface area contributed by atoms with E-state index < -0.39 is 5.60 Å². The molecule has 6 fully saturated rings. The number of hydrogen-bond donors (Lipinski definition) is 3. The van der Waals surface area contributed by atoms with Gasteiger partial charge in [-0.05, 0) is 109 Å². The van der Waals surface area contributed by atoms with Gasteiger partial charge in [-0.1, -0.05) is 38.5 Å². The van der Waals surface area contributed by atoms with Gasteiger partial charge in [0.05, 0.1) is 12.1 Å². The van der Waals surface area contributed by atoms with Gasteiger partial charge in [-0.2, -0.15) is 9.97 Å². The number of carbonyl (C=O) groups is 3. The number of nitrogens with zero attached hydrogens (tertiary/aromatic N) is 15. The summed E-state index contributed by atoms with van der Waals surface area (Å²) in [7, 11) is 7.13. The summed E-state index contributed by atoms with van der Waals surface area (Å²) in [5.41, 5.74) is 2.37. The second kappa shape index (κ2) is 21.7. The maximum Gasteiger partial charge on any atom is 0.410 e. The quantitative estimate of drug-likeness (QED) is 0.119. The SMILES string of the molecule is CN(C)C(=O)c1cc2cnc(Nc3ccc(N4CC5CCC(C4)N5)nn3)nc2n1C1CCCCC1.CN(C)C(=O)c1cc2cnc(Nc3ccc(N4CC5CCC(C4)N5C(=O)OC(C)(C)C)nn3)nc2n1C1CCCCC1. The zero-order valence-corrected chi connectivity index (χ0v) is 45.7. The van der Waals surface area contributed by atoms with Gasteiger partial charge >= 0.3 is 6.09 Å². The Morgan fingerprint density at radius 3 is 1.42 bits per heavy atom. The van der Waals surface area contributed by atoms with Gasteiger partial charge < -0.3 is 49.4 Å². The number of nitrogens with one attached hydrogen (secondary N) is 3. The van der Waals surface area contributed by atoms with Gasteiger partial charge in [0.2, 0.25) is 11.9 Å². The van der Waals surface area contributed by atoms with E-state index in [1.807, 2.05) is 62.1 Å². The smallest absolute Gasteiger partial charge is 0.410 e. The number of carbonyl (C=O) groups excluding carboxylic acids is 3. The molecule has 408 valence electrons. The Morgan fingerprint density at radius 1 is 0.571 bits per heavy atom. The van der Waals surface area contributed by atoms with E-state index in [1.165, 1.54) is 38.5 Å². The predicted octanol–water partition coefficient (Wildman–Crippen LogP) is 7.87. The first-order chi connectivity index (χ1) is 37.1.